The highest BCUT2D eigenvalue weighted by Crippen LogP contribution is 2.49. The topological polar surface area (TPSA) is 149 Å². The highest BCUT2D eigenvalue weighted by molar-refractivity contribution is 8.33. The van der Waals surface area contributed by atoms with Crippen LogP contribution in [0.1, 0.15) is 167 Å². The molecule has 2 aliphatic heterocycles. The maximum absolute atomic E-state index is 13.6. The van der Waals surface area contributed by atoms with Crippen LogP contribution in [0.15, 0.2) is 4.36 Å². The number of hydrogen-bond acceptors (Lipinski definition) is 9. The molecule has 0 bridgehead atoms. The fourth-order valence-corrected chi connectivity index (χ4v) is 12.7. The van der Waals surface area contributed by atoms with Gasteiger partial charge < -0.3 is 35.0 Å². The van der Waals surface area contributed by atoms with E-state index in [0.717, 1.165) is 38.5 Å². The number of rotatable bonds is 31. The largest absolute Gasteiger partial charge is 0.394 e. The number of nitrogens with zero attached hydrogens (tertiary/aromatic N) is 1. The molecule has 52 heavy (non-hydrogen) atoms. The third-order valence-corrected chi connectivity index (χ3v) is 17.0. The van der Waals surface area contributed by atoms with Crippen molar-refractivity contribution in [1.82, 2.24) is 0 Å². The minimum absolute atomic E-state index is 0.159. The summed E-state index contributed by atoms with van der Waals surface area (Å²) < 4.78 is 29.6. The van der Waals surface area contributed by atoms with E-state index in [-0.39, 0.29) is 16.6 Å². The van der Waals surface area contributed by atoms with Gasteiger partial charge in [-0.1, -0.05) is 135 Å². The molecule has 0 aromatic heterocycles. The second-order valence-electron chi connectivity index (χ2n) is 16.4. The first-order valence-electron chi connectivity index (χ1n) is 21.5. The summed E-state index contributed by atoms with van der Waals surface area (Å²) in [6, 6.07) is -0.792. The molecule has 0 saturated carbocycles. The maximum Gasteiger partial charge on any atom is 0.186 e. The van der Waals surface area contributed by atoms with E-state index in [1.165, 1.54) is 133 Å². The molecule has 11 heteroatoms. The summed E-state index contributed by atoms with van der Waals surface area (Å²) in [4.78, 5) is 0. The van der Waals surface area contributed by atoms with E-state index < -0.39 is 59.2 Å². The van der Waals surface area contributed by atoms with Crippen molar-refractivity contribution in [3.8, 4) is 0 Å². The lowest BCUT2D eigenvalue weighted by Gasteiger charge is -2.40. The van der Waals surface area contributed by atoms with Gasteiger partial charge in [-0.15, -0.1) is 0 Å². The van der Waals surface area contributed by atoms with Crippen molar-refractivity contribution in [3.63, 3.8) is 0 Å². The molecule has 5 N–H and O–H groups in total. The average molecular weight is 782 g/mol. The zero-order valence-corrected chi connectivity index (χ0v) is 35.3. The van der Waals surface area contributed by atoms with E-state index in [2.05, 4.69) is 17.5 Å². The molecule has 2 saturated heterocycles. The fraction of sp³-hybridized carbons (Fsp3) is 1.00. The summed E-state index contributed by atoms with van der Waals surface area (Å²) in [5, 5.41) is 51.6. The third-order valence-electron chi connectivity index (χ3n) is 11.4. The summed E-state index contributed by atoms with van der Waals surface area (Å²) in [7, 11) is -2.91. The summed E-state index contributed by atoms with van der Waals surface area (Å²) in [5.74, 6) is 4.90. The van der Waals surface area contributed by atoms with Crippen LogP contribution < -0.4 is 0 Å². The second kappa shape index (κ2) is 28.4. The average Bonchev–Trinajstić information content (AvgIpc) is 3.12. The van der Waals surface area contributed by atoms with Crippen LogP contribution in [0.2, 0.25) is 0 Å². The first kappa shape index (κ1) is 48.2. The zero-order chi connectivity index (χ0) is 38.1. The van der Waals surface area contributed by atoms with E-state index >= 15 is 0 Å². The Bertz CT molecular complexity index is 988. The van der Waals surface area contributed by atoms with Crippen molar-refractivity contribution < 1.29 is 39.2 Å². The fourth-order valence-electron chi connectivity index (χ4n) is 7.78. The molecule has 0 spiro atoms. The van der Waals surface area contributed by atoms with Crippen LogP contribution in [0.3, 0.4) is 0 Å². The molecule has 0 aromatic carbocycles. The van der Waals surface area contributed by atoms with E-state index in [1.54, 1.807) is 6.26 Å². The molecule has 2 aliphatic rings. The minimum atomic E-state index is -2.60. The maximum atomic E-state index is 13.6. The minimum Gasteiger partial charge on any atom is -0.394 e. The lowest BCUT2D eigenvalue weighted by Crippen LogP contribution is -2.59. The summed E-state index contributed by atoms with van der Waals surface area (Å²) >= 11 is 0. The predicted octanol–water partition coefficient (Wildman–Crippen LogP) is 7.85. The van der Waals surface area contributed by atoms with Gasteiger partial charge in [0.2, 0.25) is 0 Å². The molecule has 6 unspecified atom stereocenters. The van der Waals surface area contributed by atoms with Crippen molar-refractivity contribution >= 4 is 19.8 Å². The smallest absolute Gasteiger partial charge is 0.186 e. The van der Waals surface area contributed by atoms with Gasteiger partial charge in [-0.05, 0) is 55.6 Å². The molecule has 2 rings (SSSR count). The summed E-state index contributed by atoms with van der Waals surface area (Å²) in [6.07, 6.45) is 26.8. The van der Waals surface area contributed by atoms with Crippen molar-refractivity contribution in [2.24, 2.45) is 4.36 Å². The van der Waals surface area contributed by atoms with Gasteiger partial charge in [-0.3, -0.25) is 4.21 Å². The van der Waals surface area contributed by atoms with E-state index in [0.29, 0.717) is 12.2 Å². The molecule has 9 nitrogen and oxygen atoms in total. The van der Waals surface area contributed by atoms with E-state index in [4.69, 9.17) is 9.47 Å². The highest BCUT2D eigenvalue weighted by atomic mass is 32.3. The van der Waals surface area contributed by atoms with E-state index in [1.807, 2.05) is 0 Å². The van der Waals surface area contributed by atoms with E-state index in [9.17, 15) is 29.7 Å². The second-order valence-corrected chi connectivity index (χ2v) is 23.2. The predicted molar refractivity (Wildman–Crippen MR) is 220 cm³/mol. The number of aliphatic hydroxyl groups excluding tert-OH is 5. The first-order chi connectivity index (χ1) is 25.0. The van der Waals surface area contributed by atoms with Crippen LogP contribution in [-0.4, -0.2) is 121 Å². The SMILES string of the molecule is CCCCCCCCCCCCCCC[C@@H](O)[C@H](COC1OC(CO)C(O)C(O)C1O)N=S(C)(=O)CCCCCCCCCCS1(C)CCCCC1. The number of hydrogen-bond donors (Lipinski definition) is 5. The normalized spacial score (nSPS) is 26.4. The molecule has 2 heterocycles. The van der Waals surface area contributed by atoms with Gasteiger partial charge in [-0.2, -0.15) is 0 Å². The van der Waals surface area contributed by atoms with Crippen molar-refractivity contribution in [3.05, 3.63) is 0 Å². The lowest BCUT2D eigenvalue weighted by molar-refractivity contribution is -0.302. The third kappa shape index (κ3) is 20.8. The summed E-state index contributed by atoms with van der Waals surface area (Å²) in [6.45, 7) is 1.54. The molecule has 0 radical (unpaired) electrons. The molecule has 0 aliphatic carbocycles. The molecule has 8 atom stereocenters. The molecule has 0 aromatic rings. The van der Waals surface area contributed by atoms with Gasteiger partial charge in [0.1, 0.15) is 30.5 Å². The van der Waals surface area contributed by atoms with Crippen molar-refractivity contribution in [2.75, 3.05) is 48.7 Å². The van der Waals surface area contributed by atoms with Gasteiger partial charge in [0.25, 0.3) is 0 Å². The Balaban J connectivity index is 1.76. The van der Waals surface area contributed by atoms with Crippen LogP contribution >= 0.6 is 10.0 Å². The lowest BCUT2D eigenvalue weighted by atomic mass is 9.99. The van der Waals surface area contributed by atoms with Crippen molar-refractivity contribution in [2.45, 2.75) is 210 Å². The standard InChI is InChI=1S/C41H83NO8S2/c1-4-5-6-7-8-9-10-11-12-13-16-19-23-28-36(44)35(34-49-41-40(47)39(46)38(45)37(33-43)50-41)42-52(3,48)32-27-21-18-15-14-17-20-24-29-51(2)30-25-22-26-31-51/h35-41,43-47H,4-34H2,1-3H3/t35-,36+,37?,38?,39?,40?,41?,52?/m0/s1. The molecule has 0 amide bonds. The molecule has 312 valence electrons. The first-order valence-corrected chi connectivity index (χ1v) is 26.2. The van der Waals surface area contributed by atoms with Crippen LogP contribution in [-0.2, 0) is 19.2 Å². The van der Waals surface area contributed by atoms with Gasteiger partial charge in [0.15, 0.2) is 6.29 Å². The molecule has 2 fully saturated rings. The van der Waals surface area contributed by atoms with Crippen LogP contribution in [0.4, 0.5) is 0 Å². The molecular weight excluding hydrogens is 699 g/mol. The Morgan fingerprint density at radius 1 is 0.731 bits per heavy atom. The Morgan fingerprint density at radius 3 is 1.77 bits per heavy atom. The Kier molecular flexibility index (Phi) is 26.3. The van der Waals surface area contributed by atoms with Gasteiger partial charge in [0.05, 0.1) is 19.3 Å². The van der Waals surface area contributed by atoms with Crippen LogP contribution in [0.25, 0.3) is 0 Å². The Hall–Kier alpha value is 0.0200. The number of aliphatic hydroxyl groups is 5. The Labute approximate surface area is 321 Å². The van der Waals surface area contributed by atoms with Crippen LogP contribution in [0.5, 0.6) is 0 Å². The zero-order valence-electron chi connectivity index (χ0n) is 33.7. The Morgan fingerprint density at radius 2 is 1.23 bits per heavy atom. The monoisotopic (exact) mass is 782 g/mol. The van der Waals surface area contributed by atoms with Crippen LogP contribution in [0, 0.1) is 0 Å². The molecular formula is C41H83NO8S2. The quantitative estimate of drug-likeness (QED) is 0.0447. The van der Waals surface area contributed by atoms with Gasteiger partial charge >= 0.3 is 0 Å². The summed E-state index contributed by atoms with van der Waals surface area (Å²) in [5.41, 5.74) is 0. The van der Waals surface area contributed by atoms with Gasteiger partial charge in [-0.25, -0.2) is 14.4 Å². The number of unbranched alkanes of at least 4 members (excludes halogenated alkanes) is 19. The highest BCUT2D eigenvalue weighted by Gasteiger charge is 2.44. The van der Waals surface area contributed by atoms with Crippen molar-refractivity contribution in [1.29, 1.82) is 0 Å². The number of ether oxygens (including phenoxy) is 2. The van der Waals surface area contributed by atoms with Gasteiger partial charge in [0, 0.05) is 21.7 Å².